The fourth-order valence-corrected chi connectivity index (χ4v) is 8.28. The second kappa shape index (κ2) is 22.5. The molecule has 0 aliphatic carbocycles. The Morgan fingerprint density at radius 1 is 0.588 bits per heavy atom. The molecule has 19 heteroatoms. The van der Waals surface area contributed by atoms with Crippen LogP contribution in [0.3, 0.4) is 0 Å². The van der Waals surface area contributed by atoms with Crippen LogP contribution >= 0.6 is 23.2 Å². The van der Waals surface area contributed by atoms with Gasteiger partial charge >= 0.3 is 0 Å². The number of aromatic nitrogens is 6. The minimum absolute atomic E-state index is 0.0501. The highest BCUT2D eigenvalue weighted by molar-refractivity contribution is 6.31. The van der Waals surface area contributed by atoms with Crippen LogP contribution in [0, 0.1) is 13.8 Å². The summed E-state index contributed by atoms with van der Waals surface area (Å²) in [5.41, 5.74) is 6.34. The van der Waals surface area contributed by atoms with E-state index in [4.69, 9.17) is 56.9 Å². The van der Waals surface area contributed by atoms with E-state index in [0.29, 0.717) is 116 Å². The molecular weight excluding hydrogens is 912 g/mol. The number of carbonyl (C=O) groups is 2. The Labute approximate surface area is 403 Å². The predicted octanol–water partition coefficient (Wildman–Crippen LogP) is 6.73. The lowest BCUT2D eigenvalue weighted by Crippen LogP contribution is -2.29. The molecule has 354 valence electrons. The van der Waals surface area contributed by atoms with E-state index in [-0.39, 0.29) is 24.7 Å². The van der Waals surface area contributed by atoms with E-state index in [1.165, 1.54) is 0 Å². The molecule has 2 aliphatic heterocycles. The summed E-state index contributed by atoms with van der Waals surface area (Å²) in [4.78, 5) is 36.3. The molecule has 0 saturated heterocycles. The van der Waals surface area contributed by atoms with Crippen LogP contribution in [0.4, 0.5) is 0 Å². The van der Waals surface area contributed by atoms with E-state index in [9.17, 15) is 9.59 Å². The van der Waals surface area contributed by atoms with E-state index >= 15 is 0 Å². The van der Waals surface area contributed by atoms with Gasteiger partial charge in [0.2, 0.25) is 11.8 Å². The molecule has 6 aromatic rings. The molecular formula is C49H52Cl2N10O7. The van der Waals surface area contributed by atoms with Gasteiger partial charge in [-0.05, 0) is 81.4 Å². The number of nitrogens with one attached hydrogen (secondary N) is 2. The molecule has 2 atom stereocenters. The van der Waals surface area contributed by atoms with Crippen LogP contribution in [-0.4, -0.2) is 119 Å². The van der Waals surface area contributed by atoms with Crippen LogP contribution in [-0.2, 0) is 23.8 Å². The van der Waals surface area contributed by atoms with Gasteiger partial charge in [-0.15, -0.1) is 20.4 Å². The fourth-order valence-electron chi connectivity index (χ4n) is 8.03. The number of ether oxygens (including phenoxy) is 5. The summed E-state index contributed by atoms with van der Waals surface area (Å²) in [7, 11) is 1.62. The zero-order valence-corrected chi connectivity index (χ0v) is 39.7. The number of fused-ring (bicyclic) bond motifs is 6. The number of amides is 2. The van der Waals surface area contributed by atoms with Crippen molar-refractivity contribution in [3.63, 3.8) is 0 Å². The smallest absolute Gasteiger partial charge is 0.222 e. The lowest BCUT2D eigenvalue weighted by molar-refractivity contribution is -0.122. The van der Waals surface area contributed by atoms with Gasteiger partial charge in [-0.1, -0.05) is 47.5 Å². The maximum atomic E-state index is 13.3. The minimum Gasteiger partial charge on any atom is -0.497 e. The molecule has 2 N–H and O–H groups in total. The van der Waals surface area contributed by atoms with Crippen molar-refractivity contribution in [3.05, 3.63) is 141 Å². The largest absolute Gasteiger partial charge is 0.497 e. The Hall–Kier alpha value is -6.50. The van der Waals surface area contributed by atoms with Crippen LogP contribution < -0.4 is 20.1 Å². The molecule has 2 amide bonds. The van der Waals surface area contributed by atoms with Crippen LogP contribution in [0.15, 0.2) is 94.9 Å². The third-order valence-electron chi connectivity index (χ3n) is 11.2. The Morgan fingerprint density at radius 2 is 1.04 bits per heavy atom. The van der Waals surface area contributed by atoms with E-state index in [2.05, 4.69) is 31.0 Å². The van der Waals surface area contributed by atoms with Crippen molar-refractivity contribution < 1.29 is 33.3 Å². The lowest BCUT2D eigenvalue weighted by atomic mass is 10.00. The van der Waals surface area contributed by atoms with Gasteiger partial charge in [0.05, 0.1) is 82.4 Å². The number of aliphatic imine (C=N–C) groups is 2. The van der Waals surface area contributed by atoms with Crippen LogP contribution in [0.25, 0.3) is 11.4 Å². The average Bonchev–Trinajstić information content (AvgIpc) is 3.84. The van der Waals surface area contributed by atoms with Gasteiger partial charge in [-0.3, -0.25) is 28.7 Å². The van der Waals surface area contributed by atoms with E-state index < -0.39 is 12.1 Å². The number of methoxy groups -OCH3 is 1. The minimum atomic E-state index is -0.614. The highest BCUT2D eigenvalue weighted by Crippen LogP contribution is 2.36. The maximum Gasteiger partial charge on any atom is 0.222 e. The van der Waals surface area contributed by atoms with Crippen LogP contribution in [0.2, 0.25) is 10.0 Å². The van der Waals surface area contributed by atoms with E-state index in [0.717, 1.165) is 33.6 Å². The third-order valence-corrected chi connectivity index (χ3v) is 11.7. The maximum absolute atomic E-state index is 13.3. The van der Waals surface area contributed by atoms with Gasteiger partial charge in [0.25, 0.3) is 0 Å². The molecule has 0 spiro atoms. The summed E-state index contributed by atoms with van der Waals surface area (Å²) in [5.74, 6) is 3.47. The van der Waals surface area contributed by atoms with Crippen LogP contribution in [0.1, 0.15) is 77.4 Å². The molecule has 0 fully saturated rings. The Bertz CT molecular complexity index is 2790. The summed E-state index contributed by atoms with van der Waals surface area (Å²) < 4.78 is 32.8. The fraction of sp³-hybridized carbons (Fsp3) is 0.347. The number of nitrogens with zero attached hydrogens (tertiary/aromatic N) is 8. The standard InChI is InChI=1S/C49H52Cl2N10O7/c1-5-52-44(62)28-40-48-58-57-31(3)61(48)43-17-15-37(27-39(43)47(54-40)33-8-12-35(51)13-9-33)68-25-24-67-23-22-66-21-20-65-19-18-53-45(63)29-41-49-59-56-30(2)60(49)42-16-14-36(64-4)26-38(42)46(55-41)32-6-10-34(50)11-7-32/h6-17,26-27,40-41H,5,18-25,28-29H2,1-4H3,(H,52,62)(H,53,63). The Balaban J connectivity index is 0.773. The monoisotopic (exact) mass is 962 g/mol. The number of aryl methyl sites for hydroxylation is 2. The summed E-state index contributed by atoms with van der Waals surface area (Å²) in [6.07, 6.45) is 0.162. The topological polar surface area (TPSA) is 190 Å². The summed E-state index contributed by atoms with van der Waals surface area (Å²) in [6, 6.07) is 25.2. The zero-order chi connectivity index (χ0) is 47.6. The second-order valence-corrected chi connectivity index (χ2v) is 16.7. The van der Waals surface area contributed by atoms with Crippen molar-refractivity contribution in [2.45, 2.75) is 45.7 Å². The van der Waals surface area contributed by atoms with E-state index in [1.807, 2.05) is 115 Å². The molecule has 4 heterocycles. The first-order valence-electron chi connectivity index (χ1n) is 22.4. The molecule has 17 nitrogen and oxygen atoms in total. The molecule has 0 radical (unpaired) electrons. The molecule has 8 rings (SSSR count). The van der Waals surface area contributed by atoms with Gasteiger partial charge < -0.3 is 34.3 Å². The number of rotatable bonds is 21. The van der Waals surface area contributed by atoms with Crippen molar-refractivity contribution >= 4 is 46.4 Å². The average molecular weight is 964 g/mol. The highest BCUT2D eigenvalue weighted by atomic mass is 35.5. The first kappa shape index (κ1) is 48.0. The van der Waals surface area contributed by atoms with Gasteiger partial charge in [0, 0.05) is 45.4 Å². The molecule has 4 aromatic carbocycles. The summed E-state index contributed by atoms with van der Waals surface area (Å²) in [6.45, 7) is 8.86. The van der Waals surface area contributed by atoms with Gasteiger partial charge in [-0.2, -0.15) is 0 Å². The lowest BCUT2D eigenvalue weighted by Gasteiger charge is -2.15. The van der Waals surface area contributed by atoms with Crippen molar-refractivity contribution in [3.8, 4) is 22.9 Å². The molecule has 2 aromatic heterocycles. The van der Waals surface area contributed by atoms with Crippen molar-refractivity contribution in [1.29, 1.82) is 0 Å². The molecule has 2 aliphatic rings. The van der Waals surface area contributed by atoms with E-state index in [1.54, 1.807) is 7.11 Å². The van der Waals surface area contributed by atoms with Crippen molar-refractivity contribution in [2.24, 2.45) is 9.98 Å². The molecule has 0 saturated carbocycles. The number of halogens is 2. The molecule has 68 heavy (non-hydrogen) atoms. The SMILES string of the molecule is CCNC(=O)CC1N=C(c2ccc(Cl)cc2)c2cc(OCCOCCOCCOCCNC(=O)CC3N=C(c4ccc(Cl)cc4)c4cc(OC)ccc4-n4c(C)nnc43)ccc2-n2c(C)nnc21. The van der Waals surface area contributed by atoms with Crippen molar-refractivity contribution in [2.75, 3.05) is 66.4 Å². The van der Waals surface area contributed by atoms with Gasteiger partial charge in [0.15, 0.2) is 11.6 Å². The Morgan fingerprint density at radius 3 is 1.54 bits per heavy atom. The number of benzene rings is 4. The highest BCUT2D eigenvalue weighted by Gasteiger charge is 2.32. The van der Waals surface area contributed by atoms with Gasteiger partial charge in [0.1, 0.15) is 41.8 Å². The Kier molecular flexibility index (Phi) is 15.9. The number of carbonyl (C=O) groups excluding carboxylic acids is 2. The number of hydrogen-bond donors (Lipinski definition) is 2. The third kappa shape index (κ3) is 11.3. The predicted molar refractivity (Wildman–Crippen MR) is 257 cm³/mol. The quantitative estimate of drug-likeness (QED) is 0.0728. The van der Waals surface area contributed by atoms with Crippen molar-refractivity contribution in [1.82, 2.24) is 40.2 Å². The summed E-state index contributed by atoms with van der Waals surface area (Å²) >= 11 is 12.5. The van der Waals surface area contributed by atoms with Crippen LogP contribution in [0.5, 0.6) is 11.5 Å². The summed E-state index contributed by atoms with van der Waals surface area (Å²) in [5, 5.41) is 24.6. The first-order chi connectivity index (χ1) is 33.1. The number of hydrogen-bond acceptors (Lipinski definition) is 13. The zero-order valence-electron chi connectivity index (χ0n) is 38.2. The first-order valence-corrected chi connectivity index (χ1v) is 23.1. The molecule has 2 unspecified atom stereocenters. The second-order valence-electron chi connectivity index (χ2n) is 15.8. The molecule has 0 bridgehead atoms. The van der Waals surface area contributed by atoms with Gasteiger partial charge in [-0.25, -0.2) is 0 Å². The normalized spacial score (nSPS) is 14.9.